The Labute approximate surface area is 545 Å². The standard InChI is InChI=1S/C80H127NO8/c1-6-8-10-12-14-16-18-20-22-24-26-28-30-32-34-36-37-38-39-40-41-43-45-47-49-51-53-55-57-59-61-63-65-67-69-71-78(83)89-76(75-88-80(79(84)85)86-73-72-81(3,4)5)74-87-77(82)70-68-66-64-62-60-58-56-54-52-50-48-46-44-42-35-33-31-29-27-25-23-21-19-17-15-13-11-9-7-2/h8-11,14-17,20-23,26-29,32-35,37-38,40-41,44-47,51,53,76,80H,6-7,12-13,18-19,24-25,30-31,36,39,42-43,48-50,52,54-75H2,1-5H3/b10-8-,11-9-,16-14-,17-15-,22-20-,23-21-,28-26-,29-27-,34-32-,35-33-,38-37-,41-40-,46-44-,47-45-,53-51-. The number of ether oxygens (including phenoxy) is 4. The molecule has 0 radical (unpaired) electrons. The average molecular weight is 1230 g/mol. The number of carboxylic acid groups (broad SMARTS) is 1. The number of rotatable bonds is 62. The second-order valence-corrected chi connectivity index (χ2v) is 23.7. The van der Waals surface area contributed by atoms with Crippen LogP contribution in [0.25, 0.3) is 0 Å². The normalized spacial score (nSPS) is 13.9. The summed E-state index contributed by atoms with van der Waals surface area (Å²) in [4.78, 5) is 37.5. The summed E-state index contributed by atoms with van der Waals surface area (Å²) >= 11 is 0. The van der Waals surface area contributed by atoms with Gasteiger partial charge in [-0.25, -0.2) is 0 Å². The van der Waals surface area contributed by atoms with Gasteiger partial charge in [0.1, 0.15) is 13.2 Å². The zero-order valence-electron chi connectivity index (χ0n) is 57.0. The lowest BCUT2D eigenvalue weighted by Crippen LogP contribution is -2.44. The predicted octanol–water partition coefficient (Wildman–Crippen LogP) is 20.7. The minimum absolute atomic E-state index is 0.134. The highest BCUT2D eigenvalue weighted by Gasteiger charge is 2.22. The highest BCUT2D eigenvalue weighted by molar-refractivity contribution is 5.70. The Morgan fingerprint density at radius 3 is 0.899 bits per heavy atom. The van der Waals surface area contributed by atoms with Crippen molar-refractivity contribution in [3.63, 3.8) is 0 Å². The van der Waals surface area contributed by atoms with Crippen LogP contribution in [-0.4, -0.2) is 82.3 Å². The molecule has 2 atom stereocenters. The van der Waals surface area contributed by atoms with Gasteiger partial charge in [0.05, 0.1) is 40.3 Å². The number of allylic oxidation sites excluding steroid dienone is 30. The first-order valence-electron chi connectivity index (χ1n) is 34.9. The van der Waals surface area contributed by atoms with Crippen molar-refractivity contribution in [3.05, 3.63) is 182 Å². The number of carbonyl (C=O) groups is 3. The summed E-state index contributed by atoms with van der Waals surface area (Å²) in [6.45, 7) is 4.48. The van der Waals surface area contributed by atoms with E-state index in [1.54, 1.807) is 0 Å². The molecule has 0 amide bonds. The number of hydrogen-bond acceptors (Lipinski definition) is 8. The van der Waals surface area contributed by atoms with E-state index in [1.165, 1.54) is 51.4 Å². The Morgan fingerprint density at radius 2 is 0.607 bits per heavy atom. The second-order valence-electron chi connectivity index (χ2n) is 23.7. The summed E-state index contributed by atoms with van der Waals surface area (Å²) in [5, 5.41) is 11.8. The van der Waals surface area contributed by atoms with Crippen LogP contribution in [0, 0.1) is 0 Å². The molecule has 0 aromatic rings. The lowest BCUT2D eigenvalue weighted by Gasteiger charge is -2.26. The minimum atomic E-state index is -1.64. The Bertz CT molecular complexity index is 2120. The van der Waals surface area contributed by atoms with Gasteiger partial charge in [0.2, 0.25) is 0 Å². The predicted molar refractivity (Wildman–Crippen MR) is 379 cm³/mol. The van der Waals surface area contributed by atoms with Crippen molar-refractivity contribution in [3.8, 4) is 0 Å². The van der Waals surface area contributed by atoms with Crippen LogP contribution >= 0.6 is 0 Å². The minimum Gasteiger partial charge on any atom is -0.545 e. The molecule has 0 aliphatic heterocycles. The number of quaternary nitrogens is 1. The lowest BCUT2D eigenvalue weighted by atomic mass is 10.1. The summed E-state index contributed by atoms with van der Waals surface area (Å²) < 4.78 is 22.8. The fraction of sp³-hybridized carbons (Fsp3) is 0.588. The maximum atomic E-state index is 12.9. The van der Waals surface area contributed by atoms with Crippen molar-refractivity contribution in [1.82, 2.24) is 0 Å². The summed E-state index contributed by atoms with van der Waals surface area (Å²) in [7, 11) is 5.91. The van der Waals surface area contributed by atoms with Gasteiger partial charge in [-0.1, -0.05) is 280 Å². The number of aliphatic carboxylic acids is 1. The van der Waals surface area contributed by atoms with Crippen molar-refractivity contribution in [2.45, 2.75) is 257 Å². The number of carbonyl (C=O) groups excluding carboxylic acids is 3. The van der Waals surface area contributed by atoms with Gasteiger partial charge in [0.15, 0.2) is 12.4 Å². The molecule has 0 bridgehead atoms. The maximum absolute atomic E-state index is 12.9. The van der Waals surface area contributed by atoms with Crippen LogP contribution in [0.2, 0.25) is 0 Å². The van der Waals surface area contributed by atoms with Crippen LogP contribution in [-0.2, 0) is 33.3 Å². The number of hydrogen-bond donors (Lipinski definition) is 0. The average Bonchev–Trinajstić information content (AvgIpc) is 3.64. The number of esters is 2. The van der Waals surface area contributed by atoms with Crippen LogP contribution < -0.4 is 5.11 Å². The van der Waals surface area contributed by atoms with E-state index in [0.717, 1.165) is 161 Å². The molecule has 9 nitrogen and oxygen atoms in total. The molecule has 89 heavy (non-hydrogen) atoms. The molecule has 0 fully saturated rings. The quantitative estimate of drug-likeness (QED) is 0.0195. The fourth-order valence-electron chi connectivity index (χ4n) is 8.88. The van der Waals surface area contributed by atoms with Crippen molar-refractivity contribution in [1.29, 1.82) is 0 Å². The van der Waals surface area contributed by atoms with Crippen LogP contribution in [0.3, 0.4) is 0 Å². The summed E-state index contributed by atoms with van der Waals surface area (Å²) in [6.07, 6.45) is 101. The van der Waals surface area contributed by atoms with Crippen molar-refractivity contribution in [2.75, 3.05) is 47.5 Å². The van der Waals surface area contributed by atoms with Crippen LogP contribution in [0.15, 0.2) is 182 Å². The first-order chi connectivity index (χ1) is 43.6. The maximum Gasteiger partial charge on any atom is 0.306 e. The molecule has 0 N–H and O–H groups in total. The Kier molecular flexibility index (Phi) is 64.0. The lowest BCUT2D eigenvalue weighted by molar-refractivity contribution is -0.870. The summed E-state index contributed by atoms with van der Waals surface area (Å²) in [6, 6.07) is 0. The van der Waals surface area contributed by atoms with Gasteiger partial charge in [-0.2, -0.15) is 0 Å². The van der Waals surface area contributed by atoms with Crippen molar-refractivity contribution < 1.29 is 42.9 Å². The zero-order valence-corrected chi connectivity index (χ0v) is 57.0. The van der Waals surface area contributed by atoms with Gasteiger partial charge in [-0.05, 0) is 135 Å². The molecule has 0 saturated heterocycles. The van der Waals surface area contributed by atoms with Crippen LogP contribution in [0.4, 0.5) is 0 Å². The van der Waals surface area contributed by atoms with E-state index < -0.39 is 24.3 Å². The highest BCUT2D eigenvalue weighted by Crippen LogP contribution is 2.15. The molecule has 0 spiro atoms. The van der Waals surface area contributed by atoms with Gasteiger partial charge in [0, 0.05) is 12.8 Å². The zero-order chi connectivity index (χ0) is 64.7. The molecule has 0 rings (SSSR count). The molecule has 0 aliphatic rings. The smallest absolute Gasteiger partial charge is 0.306 e. The number of nitrogens with zero attached hydrogens (tertiary/aromatic N) is 1. The monoisotopic (exact) mass is 1230 g/mol. The molecule has 0 aromatic heterocycles. The first kappa shape index (κ1) is 83.4. The fourth-order valence-corrected chi connectivity index (χ4v) is 8.88. The van der Waals surface area contributed by atoms with E-state index in [9.17, 15) is 19.5 Å². The van der Waals surface area contributed by atoms with E-state index >= 15 is 0 Å². The van der Waals surface area contributed by atoms with Crippen molar-refractivity contribution in [2.24, 2.45) is 0 Å². The van der Waals surface area contributed by atoms with Crippen LogP contribution in [0.1, 0.15) is 245 Å². The third kappa shape index (κ3) is 69.7. The van der Waals surface area contributed by atoms with Gasteiger partial charge in [-0.15, -0.1) is 0 Å². The molecule has 2 unspecified atom stereocenters. The first-order valence-corrected chi connectivity index (χ1v) is 34.9. The van der Waals surface area contributed by atoms with E-state index in [1.807, 2.05) is 21.1 Å². The van der Waals surface area contributed by atoms with Gasteiger partial charge in [0.25, 0.3) is 0 Å². The molecule has 9 heteroatoms. The Balaban J connectivity index is 4.24. The topological polar surface area (TPSA) is 111 Å². The van der Waals surface area contributed by atoms with E-state index in [0.29, 0.717) is 17.4 Å². The molecular weight excluding hydrogens is 1100 g/mol. The van der Waals surface area contributed by atoms with Crippen LogP contribution in [0.5, 0.6) is 0 Å². The second kappa shape index (κ2) is 68.3. The molecule has 0 aromatic carbocycles. The highest BCUT2D eigenvalue weighted by atomic mass is 16.7. The molecule has 0 saturated carbocycles. The van der Waals surface area contributed by atoms with Gasteiger partial charge >= 0.3 is 11.9 Å². The molecular formula is C80H127NO8. The van der Waals surface area contributed by atoms with E-state index in [-0.39, 0.29) is 38.6 Å². The summed E-state index contributed by atoms with van der Waals surface area (Å²) in [5.41, 5.74) is 0. The number of unbranched alkanes of at least 4 members (excludes halogenated alkanes) is 17. The molecule has 500 valence electrons. The Hall–Kier alpha value is -5.61. The Morgan fingerprint density at radius 1 is 0.337 bits per heavy atom. The van der Waals surface area contributed by atoms with Gasteiger partial charge in [-0.3, -0.25) is 9.59 Å². The number of likely N-dealkylation sites (N-methyl/N-ethyl adjacent to an activating group) is 1. The van der Waals surface area contributed by atoms with E-state index in [4.69, 9.17) is 18.9 Å². The summed E-state index contributed by atoms with van der Waals surface area (Å²) in [5.74, 6) is -2.32. The molecule has 0 heterocycles. The van der Waals surface area contributed by atoms with E-state index in [2.05, 4.69) is 196 Å². The largest absolute Gasteiger partial charge is 0.545 e. The molecule has 0 aliphatic carbocycles. The SMILES string of the molecule is CC/C=C\C/C=C\C/C=C\C/C=C\C/C=C\C/C=C\C/C=C\C/C=C\C/C=C\CCCCCCCCCC(=O)OC(COC(=O)CCCCCCCCCCCC/C=C\C/C=C\C/C=C\C/C=C\C/C=C\C/C=C\CC)COC(OCC[N+](C)(C)C)C(=O)[O-]. The third-order valence-electron chi connectivity index (χ3n) is 14.1. The number of carboxylic acids is 1. The van der Waals surface area contributed by atoms with Crippen molar-refractivity contribution >= 4 is 17.9 Å². The van der Waals surface area contributed by atoms with Gasteiger partial charge < -0.3 is 33.3 Å². The third-order valence-corrected chi connectivity index (χ3v) is 14.1.